The van der Waals surface area contributed by atoms with E-state index in [2.05, 4.69) is 69.1 Å². The maximum Gasteiger partial charge on any atom is 0.114 e. The van der Waals surface area contributed by atoms with Gasteiger partial charge in [0.1, 0.15) is 12.9 Å². The van der Waals surface area contributed by atoms with Crippen LogP contribution in [0, 0.1) is 0 Å². The van der Waals surface area contributed by atoms with Gasteiger partial charge in [-0.15, -0.1) is 0 Å². The standard InChI is InChI=1S/C23H28N4O/c1-4-28-25-17(2)18-10-11-23-22(14-18)24-16-27(23)21-9-5-7-19(13-21)20-8-6-12-26(3)15-20/h5,7,9-11,13-14,16,20H,4,6,8,12,15H2,1-3H3/b25-17+. The highest BCUT2D eigenvalue weighted by Crippen LogP contribution is 2.28. The van der Waals surface area contributed by atoms with Gasteiger partial charge in [0.2, 0.25) is 0 Å². The lowest BCUT2D eigenvalue weighted by molar-refractivity contribution is 0.159. The number of aromatic nitrogens is 2. The average molecular weight is 377 g/mol. The summed E-state index contributed by atoms with van der Waals surface area (Å²) in [5.74, 6) is 0.609. The number of nitrogens with zero attached hydrogens (tertiary/aromatic N) is 4. The van der Waals surface area contributed by atoms with Crippen molar-refractivity contribution in [3.05, 3.63) is 59.9 Å². The Kier molecular flexibility index (Phi) is 5.44. The molecule has 0 amide bonds. The molecule has 0 aliphatic carbocycles. The van der Waals surface area contributed by atoms with E-state index in [1.165, 1.54) is 30.6 Å². The first-order chi connectivity index (χ1) is 13.7. The highest BCUT2D eigenvalue weighted by atomic mass is 16.6. The lowest BCUT2D eigenvalue weighted by Crippen LogP contribution is -2.30. The van der Waals surface area contributed by atoms with Gasteiger partial charge in [-0.3, -0.25) is 4.57 Å². The lowest BCUT2D eigenvalue weighted by Gasteiger charge is -2.30. The van der Waals surface area contributed by atoms with Crippen LogP contribution in [0.5, 0.6) is 0 Å². The number of fused-ring (bicyclic) bond motifs is 1. The predicted octanol–water partition coefficient (Wildman–Crippen LogP) is 4.60. The second kappa shape index (κ2) is 8.15. The number of piperidine rings is 1. The van der Waals surface area contributed by atoms with Gasteiger partial charge in [-0.1, -0.05) is 23.4 Å². The van der Waals surface area contributed by atoms with Gasteiger partial charge in [0.25, 0.3) is 0 Å². The molecule has 1 aliphatic heterocycles. The van der Waals surface area contributed by atoms with Crippen LogP contribution in [0.25, 0.3) is 16.7 Å². The fraction of sp³-hybridized carbons (Fsp3) is 0.391. The summed E-state index contributed by atoms with van der Waals surface area (Å²) in [7, 11) is 2.22. The molecule has 3 aromatic rings. The SMILES string of the molecule is CCO/N=C(\C)c1ccc2c(c1)ncn2-c1cccc(C2CCCN(C)C2)c1. The van der Waals surface area contributed by atoms with Crippen molar-refractivity contribution >= 4 is 16.7 Å². The Morgan fingerprint density at radius 1 is 1.25 bits per heavy atom. The van der Waals surface area contributed by atoms with Crippen LogP contribution in [0.1, 0.15) is 43.7 Å². The molecule has 5 nitrogen and oxygen atoms in total. The summed E-state index contributed by atoms with van der Waals surface area (Å²) in [4.78, 5) is 12.2. The minimum absolute atomic E-state index is 0.571. The fourth-order valence-corrected chi connectivity index (χ4v) is 4.02. The molecule has 1 fully saturated rings. The van der Waals surface area contributed by atoms with Gasteiger partial charge in [0.15, 0.2) is 0 Å². The zero-order valence-electron chi connectivity index (χ0n) is 16.9. The molecule has 0 saturated carbocycles. The predicted molar refractivity (Wildman–Crippen MR) is 114 cm³/mol. The normalized spacial score (nSPS) is 18.5. The summed E-state index contributed by atoms with van der Waals surface area (Å²) in [5.41, 5.74) is 6.55. The Balaban J connectivity index is 1.65. The van der Waals surface area contributed by atoms with Crippen molar-refractivity contribution in [2.45, 2.75) is 32.6 Å². The van der Waals surface area contributed by atoms with Crippen LogP contribution < -0.4 is 0 Å². The van der Waals surface area contributed by atoms with Gasteiger partial charge in [-0.25, -0.2) is 4.98 Å². The number of likely N-dealkylation sites (N-methyl/N-ethyl adjacent to an activating group) is 1. The minimum Gasteiger partial charge on any atom is -0.396 e. The highest BCUT2D eigenvalue weighted by molar-refractivity contribution is 6.00. The number of benzene rings is 2. The number of oxime groups is 1. The second-order valence-electron chi connectivity index (χ2n) is 7.61. The van der Waals surface area contributed by atoms with Gasteiger partial charge >= 0.3 is 0 Å². The summed E-state index contributed by atoms with van der Waals surface area (Å²) >= 11 is 0. The summed E-state index contributed by atoms with van der Waals surface area (Å²) in [6.07, 6.45) is 4.45. The average Bonchev–Trinajstić information content (AvgIpc) is 3.15. The van der Waals surface area contributed by atoms with E-state index >= 15 is 0 Å². The van der Waals surface area contributed by atoms with Gasteiger partial charge in [0.05, 0.1) is 16.7 Å². The van der Waals surface area contributed by atoms with Crippen LogP contribution in [-0.4, -0.2) is 46.9 Å². The molecule has 0 bridgehead atoms. The molecular weight excluding hydrogens is 348 g/mol. The summed E-state index contributed by atoms with van der Waals surface area (Å²) in [6.45, 7) is 6.80. The van der Waals surface area contributed by atoms with Gasteiger partial charge in [-0.2, -0.15) is 0 Å². The van der Waals surface area contributed by atoms with Gasteiger partial charge in [-0.05, 0) is 76.0 Å². The van der Waals surface area contributed by atoms with E-state index in [-0.39, 0.29) is 0 Å². The van der Waals surface area contributed by atoms with Crippen molar-refractivity contribution in [1.82, 2.24) is 14.5 Å². The van der Waals surface area contributed by atoms with E-state index in [9.17, 15) is 0 Å². The molecule has 2 aromatic carbocycles. The Hall–Kier alpha value is -2.66. The topological polar surface area (TPSA) is 42.7 Å². The quantitative estimate of drug-likeness (QED) is 0.483. The monoisotopic (exact) mass is 376 g/mol. The first kappa shape index (κ1) is 18.7. The van der Waals surface area contributed by atoms with Crippen molar-refractivity contribution in [3.63, 3.8) is 0 Å². The van der Waals surface area contributed by atoms with Crippen LogP contribution >= 0.6 is 0 Å². The Morgan fingerprint density at radius 2 is 2.14 bits per heavy atom. The molecule has 146 valence electrons. The van der Waals surface area contributed by atoms with E-state index in [4.69, 9.17) is 4.84 Å². The molecule has 4 rings (SSSR count). The Bertz CT molecular complexity index is 991. The zero-order chi connectivity index (χ0) is 19.5. The first-order valence-corrected chi connectivity index (χ1v) is 10.1. The molecule has 0 N–H and O–H groups in total. The van der Waals surface area contributed by atoms with E-state index in [1.54, 1.807) is 0 Å². The number of imidazole rings is 1. The van der Waals surface area contributed by atoms with E-state index in [0.29, 0.717) is 12.5 Å². The molecule has 28 heavy (non-hydrogen) atoms. The largest absolute Gasteiger partial charge is 0.396 e. The number of rotatable bonds is 5. The minimum atomic E-state index is 0.571. The van der Waals surface area contributed by atoms with Crippen LogP contribution in [0.3, 0.4) is 0 Å². The molecule has 0 spiro atoms. The molecule has 1 atom stereocenters. The van der Waals surface area contributed by atoms with Crippen molar-refractivity contribution in [3.8, 4) is 5.69 Å². The molecule has 2 heterocycles. The fourth-order valence-electron chi connectivity index (χ4n) is 4.02. The molecule has 1 unspecified atom stereocenters. The number of hydrogen-bond donors (Lipinski definition) is 0. The summed E-state index contributed by atoms with van der Waals surface area (Å²) < 4.78 is 2.17. The third-order valence-corrected chi connectivity index (χ3v) is 5.54. The smallest absolute Gasteiger partial charge is 0.114 e. The van der Waals surface area contributed by atoms with Crippen LogP contribution in [0.15, 0.2) is 53.9 Å². The molecule has 1 saturated heterocycles. The van der Waals surface area contributed by atoms with Crippen LogP contribution in [-0.2, 0) is 4.84 Å². The molecule has 1 aromatic heterocycles. The van der Waals surface area contributed by atoms with E-state index < -0.39 is 0 Å². The van der Waals surface area contributed by atoms with Gasteiger partial charge in [0, 0.05) is 17.8 Å². The van der Waals surface area contributed by atoms with Crippen molar-refractivity contribution in [2.75, 3.05) is 26.7 Å². The maximum absolute atomic E-state index is 5.17. The third-order valence-electron chi connectivity index (χ3n) is 5.54. The number of likely N-dealkylation sites (tertiary alicyclic amines) is 1. The van der Waals surface area contributed by atoms with E-state index in [0.717, 1.165) is 28.9 Å². The maximum atomic E-state index is 5.17. The van der Waals surface area contributed by atoms with Crippen molar-refractivity contribution < 1.29 is 4.84 Å². The molecular formula is C23H28N4O. The molecule has 5 heteroatoms. The van der Waals surface area contributed by atoms with Crippen LogP contribution in [0.4, 0.5) is 0 Å². The Labute approximate surface area is 166 Å². The summed E-state index contributed by atoms with van der Waals surface area (Å²) in [5, 5.41) is 4.13. The van der Waals surface area contributed by atoms with E-state index in [1.807, 2.05) is 20.2 Å². The molecule has 0 radical (unpaired) electrons. The third kappa shape index (κ3) is 3.80. The van der Waals surface area contributed by atoms with Crippen LogP contribution in [0.2, 0.25) is 0 Å². The lowest BCUT2D eigenvalue weighted by atomic mass is 9.90. The second-order valence-corrected chi connectivity index (χ2v) is 7.61. The first-order valence-electron chi connectivity index (χ1n) is 10.1. The van der Waals surface area contributed by atoms with Crippen molar-refractivity contribution in [2.24, 2.45) is 5.16 Å². The van der Waals surface area contributed by atoms with Crippen molar-refractivity contribution in [1.29, 1.82) is 0 Å². The zero-order valence-corrected chi connectivity index (χ0v) is 16.9. The van der Waals surface area contributed by atoms with Gasteiger partial charge < -0.3 is 9.74 Å². The Morgan fingerprint density at radius 3 is 2.96 bits per heavy atom. The highest BCUT2D eigenvalue weighted by Gasteiger charge is 2.19. The summed E-state index contributed by atoms with van der Waals surface area (Å²) in [6, 6.07) is 15.2. The number of hydrogen-bond acceptors (Lipinski definition) is 4. The molecule has 1 aliphatic rings.